The molecular weight excluding hydrogens is 321 g/mol. The molecule has 0 atom stereocenters. The highest BCUT2D eigenvalue weighted by atomic mass is 35.7. The van der Waals surface area contributed by atoms with Gasteiger partial charge in [0.25, 0.3) is 0 Å². The summed E-state index contributed by atoms with van der Waals surface area (Å²) in [6, 6.07) is 0. The number of rotatable bonds is 3. The van der Waals surface area contributed by atoms with E-state index in [1.54, 1.807) is 20.8 Å². The van der Waals surface area contributed by atoms with E-state index in [0.29, 0.717) is 0 Å². The van der Waals surface area contributed by atoms with E-state index in [-0.39, 0.29) is 5.21 Å². The van der Waals surface area contributed by atoms with Crippen molar-refractivity contribution < 1.29 is 16.8 Å². The van der Waals surface area contributed by atoms with E-state index in [9.17, 15) is 16.8 Å². The van der Waals surface area contributed by atoms with Crippen LogP contribution in [0.2, 0.25) is 0 Å². The van der Waals surface area contributed by atoms with Gasteiger partial charge in [0.05, 0.1) is 0 Å². The van der Waals surface area contributed by atoms with Crippen LogP contribution in [0, 0.1) is 0 Å². The molecular formula is C6H14Cl3NO4S2. The van der Waals surface area contributed by atoms with E-state index in [0.717, 1.165) is 0 Å². The number of sulfonamides is 1. The molecule has 0 fully saturated rings. The van der Waals surface area contributed by atoms with Gasteiger partial charge in [0.1, 0.15) is 10.4 Å². The lowest BCUT2D eigenvalue weighted by molar-refractivity contribution is 0.494. The average molecular weight is 335 g/mol. The highest BCUT2D eigenvalue weighted by molar-refractivity contribution is 8.14. The zero-order valence-corrected chi connectivity index (χ0v) is 12.9. The molecule has 0 aliphatic heterocycles. The Labute approximate surface area is 111 Å². The minimum Gasteiger partial charge on any atom is -0.211 e. The van der Waals surface area contributed by atoms with Crippen LogP contribution >= 0.6 is 33.9 Å². The van der Waals surface area contributed by atoms with Crippen molar-refractivity contribution in [2.75, 3.05) is 10.4 Å². The second-order valence-corrected chi connectivity index (χ2v) is 9.39. The minimum absolute atomic E-state index is 0.385. The molecule has 0 saturated carbocycles. The minimum atomic E-state index is -3.42. The van der Waals surface area contributed by atoms with Crippen molar-refractivity contribution in [1.82, 2.24) is 4.72 Å². The van der Waals surface area contributed by atoms with E-state index in [4.69, 9.17) is 23.2 Å². The summed E-state index contributed by atoms with van der Waals surface area (Å²) in [4.78, 5) is 0. The number of halogens is 3. The third-order valence-electron chi connectivity index (χ3n) is 0.736. The third-order valence-corrected chi connectivity index (χ3v) is 4.59. The molecule has 0 bridgehead atoms. The second kappa shape index (κ2) is 7.23. The monoisotopic (exact) mass is 333 g/mol. The van der Waals surface area contributed by atoms with Gasteiger partial charge in [-0.2, -0.15) is 0 Å². The van der Waals surface area contributed by atoms with Crippen molar-refractivity contribution in [3.05, 3.63) is 0 Å². The summed E-state index contributed by atoms with van der Waals surface area (Å²) in [6.45, 7) is 5.28. The average Bonchev–Trinajstić information content (AvgIpc) is 2.00. The first-order valence-electron chi connectivity index (χ1n) is 3.89. The van der Waals surface area contributed by atoms with Crippen LogP contribution in [0.4, 0.5) is 0 Å². The molecule has 0 spiro atoms. The van der Waals surface area contributed by atoms with Gasteiger partial charge in [-0.25, -0.2) is 21.6 Å². The Morgan fingerprint density at radius 3 is 1.38 bits per heavy atom. The SMILES string of the molecule is CC(C)(C)NS(=O)(=O)CCl.O=S(=O)(Cl)CCl. The number of hydrogen-bond acceptors (Lipinski definition) is 4. The maximum atomic E-state index is 10.8. The molecule has 0 amide bonds. The Bertz CT molecular complexity index is 384. The molecule has 0 aromatic heterocycles. The summed E-state index contributed by atoms with van der Waals surface area (Å²) >= 11 is 9.91. The van der Waals surface area contributed by atoms with Gasteiger partial charge in [0, 0.05) is 16.2 Å². The standard InChI is InChI=1S/C5H12ClNO2S.CH2Cl2O2S/c1-5(2,3)7-10(8,9)4-6;2-1-6(3,4)5/h7H,4H2,1-3H3;1H2. The molecule has 5 nitrogen and oxygen atoms in total. The van der Waals surface area contributed by atoms with Crippen LogP contribution in [-0.4, -0.2) is 32.8 Å². The second-order valence-electron chi connectivity index (χ2n) is 3.72. The molecule has 1 N–H and O–H groups in total. The first-order valence-corrected chi connectivity index (χ1v) is 9.09. The molecule has 16 heavy (non-hydrogen) atoms. The van der Waals surface area contributed by atoms with Crippen LogP contribution in [0.3, 0.4) is 0 Å². The van der Waals surface area contributed by atoms with Gasteiger partial charge in [-0.05, 0) is 20.8 Å². The summed E-state index contributed by atoms with van der Waals surface area (Å²) in [6.07, 6.45) is 0. The van der Waals surface area contributed by atoms with Gasteiger partial charge in [-0.3, -0.25) is 0 Å². The summed E-state index contributed by atoms with van der Waals surface area (Å²) in [5.41, 5.74) is -0.437. The fourth-order valence-corrected chi connectivity index (χ4v) is 1.65. The number of nitrogens with one attached hydrogen (secondary N) is 1. The molecule has 10 heteroatoms. The largest absolute Gasteiger partial charge is 0.246 e. The molecule has 0 aliphatic carbocycles. The van der Waals surface area contributed by atoms with Crippen molar-refractivity contribution in [3.8, 4) is 0 Å². The van der Waals surface area contributed by atoms with Gasteiger partial charge in [-0.15, -0.1) is 23.2 Å². The van der Waals surface area contributed by atoms with E-state index < -0.39 is 29.8 Å². The smallest absolute Gasteiger partial charge is 0.211 e. The topological polar surface area (TPSA) is 80.3 Å². The van der Waals surface area contributed by atoms with Crippen LogP contribution in [0.15, 0.2) is 0 Å². The Morgan fingerprint density at radius 2 is 1.31 bits per heavy atom. The van der Waals surface area contributed by atoms with Gasteiger partial charge < -0.3 is 0 Å². The predicted octanol–water partition coefficient (Wildman–Crippen LogP) is 1.65. The van der Waals surface area contributed by atoms with Gasteiger partial charge in [0.2, 0.25) is 19.1 Å². The molecule has 0 rings (SSSR count). The van der Waals surface area contributed by atoms with E-state index in [1.165, 1.54) is 0 Å². The fourth-order valence-electron chi connectivity index (χ4n) is 0.494. The molecule has 0 radical (unpaired) electrons. The zero-order valence-electron chi connectivity index (χ0n) is 9.00. The lowest BCUT2D eigenvalue weighted by Gasteiger charge is -2.18. The lowest BCUT2D eigenvalue weighted by Crippen LogP contribution is -2.40. The molecule has 100 valence electrons. The van der Waals surface area contributed by atoms with E-state index >= 15 is 0 Å². The van der Waals surface area contributed by atoms with Crippen molar-refractivity contribution in [3.63, 3.8) is 0 Å². The quantitative estimate of drug-likeness (QED) is 0.628. The normalized spacial score (nSPS) is 12.9. The van der Waals surface area contributed by atoms with Crippen LogP contribution in [-0.2, 0) is 19.1 Å². The summed E-state index contributed by atoms with van der Waals surface area (Å²) in [7, 11) is -2.13. The fraction of sp³-hybridized carbons (Fsp3) is 1.00. The Morgan fingerprint density at radius 1 is 1.00 bits per heavy atom. The van der Waals surface area contributed by atoms with Crippen molar-refractivity contribution in [1.29, 1.82) is 0 Å². The number of hydrogen-bond donors (Lipinski definition) is 1. The number of alkyl halides is 2. The summed E-state index contributed by atoms with van der Waals surface area (Å²) in [5, 5.41) is -0.904. The maximum absolute atomic E-state index is 10.8. The van der Waals surface area contributed by atoms with Gasteiger partial charge in [-0.1, -0.05) is 0 Å². The van der Waals surface area contributed by atoms with Crippen molar-refractivity contribution in [2.45, 2.75) is 26.3 Å². The Balaban J connectivity index is 0. The summed E-state index contributed by atoms with van der Waals surface area (Å²) in [5.74, 6) is 0. The Hall–Kier alpha value is 0.730. The Kier molecular flexibility index (Phi) is 8.62. The summed E-state index contributed by atoms with van der Waals surface area (Å²) < 4.78 is 43.2. The van der Waals surface area contributed by atoms with Crippen LogP contribution in [0.5, 0.6) is 0 Å². The first-order chi connectivity index (χ1) is 6.83. The van der Waals surface area contributed by atoms with Gasteiger partial charge >= 0.3 is 0 Å². The molecule has 0 saturated heterocycles. The lowest BCUT2D eigenvalue weighted by atomic mass is 10.1. The maximum Gasteiger partial charge on any atom is 0.246 e. The highest BCUT2D eigenvalue weighted by Crippen LogP contribution is 2.02. The third kappa shape index (κ3) is 17.1. The van der Waals surface area contributed by atoms with Gasteiger partial charge in [0.15, 0.2) is 0 Å². The van der Waals surface area contributed by atoms with E-state index in [2.05, 4.69) is 15.4 Å². The predicted molar refractivity (Wildman–Crippen MR) is 68.0 cm³/mol. The van der Waals surface area contributed by atoms with Crippen molar-refractivity contribution in [2.24, 2.45) is 0 Å². The van der Waals surface area contributed by atoms with Crippen LogP contribution in [0.1, 0.15) is 20.8 Å². The molecule has 0 aromatic carbocycles. The van der Waals surface area contributed by atoms with E-state index in [1.807, 2.05) is 0 Å². The highest BCUT2D eigenvalue weighted by Gasteiger charge is 2.17. The molecule has 0 heterocycles. The molecule has 0 aliphatic rings. The first kappa shape index (κ1) is 19.1. The zero-order chi connectivity index (χ0) is 13.6. The van der Waals surface area contributed by atoms with Crippen LogP contribution in [0.25, 0.3) is 0 Å². The van der Waals surface area contributed by atoms with Crippen molar-refractivity contribution >= 4 is 53.0 Å². The molecule has 0 unspecified atom stereocenters. The molecule has 0 aromatic rings. The van der Waals surface area contributed by atoms with Crippen LogP contribution < -0.4 is 4.72 Å².